The van der Waals surface area contributed by atoms with Gasteiger partial charge in [-0.05, 0) is 25.5 Å². The predicted molar refractivity (Wildman–Crippen MR) is 72.1 cm³/mol. The second-order valence-corrected chi connectivity index (χ2v) is 4.68. The summed E-state index contributed by atoms with van der Waals surface area (Å²) in [5, 5.41) is 11.8. The van der Waals surface area contributed by atoms with Gasteiger partial charge in [-0.2, -0.15) is 0 Å². The summed E-state index contributed by atoms with van der Waals surface area (Å²) >= 11 is 0. The molecule has 1 fully saturated rings. The molecule has 0 aromatic heterocycles. The van der Waals surface area contributed by atoms with Crippen LogP contribution in [0.5, 0.6) is 5.75 Å². The van der Waals surface area contributed by atoms with E-state index in [1.165, 1.54) is 19.2 Å². The first kappa shape index (κ1) is 14.3. The Morgan fingerprint density at radius 2 is 2.20 bits per heavy atom. The molecule has 6 heteroatoms. The molecule has 0 spiro atoms. The van der Waals surface area contributed by atoms with Crippen LogP contribution in [0, 0.1) is 5.92 Å². The van der Waals surface area contributed by atoms with Crippen molar-refractivity contribution in [2.24, 2.45) is 5.92 Å². The van der Waals surface area contributed by atoms with Crippen molar-refractivity contribution in [2.75, 3.05) is 19.0 Å². The Kier molecular flexibility index (Phi) is 4.24. The average molecular weight is 279 g/mol. The highest BCUT2D eigenvalue weighted by Crippen LogP contribution is 2.26. The van der Waals surface area contributed by atoms with Crippen molar-refractivity contribution in [3.8, 4) is 5.75 Å². The van der Waals surface area contributed by atoms with Crippen LogP contribution in [0.3, 0.4) is 0 Å². The molecule has 2 N–H and O–H groups in total. The third-order valence-electron chi connectivity index (χ3n) is 3.43. The lowest BCUT2D eigenvalue weighted by Gasteiger charge is -2.15. The van der Waals surface area contributed by atoms with Crippen molar-refractivity contribution in [1.82, 2.24) is 0 Å². The second-order valence-electron chi connectivity index (χ2n) is 4.68. The number of carboxylic acids is 1. The summed E-state index contributed by atoms with van der Waals surface area (Å²) in [5.74, 6) is -1.10. The van der Waals surface area contributed by atoms with E-state index in [-0.39, 0.29) is 29.2 Å². The largest absolute Gasteiger partial charge is 0.497 e. The molecule has 1 saturated heterocycles. The van der Waals surface area contributed by atoms with Gasteiger partial charge in [0, 0.05) is 12.7 Å². The van der Waals surface area contributed by atoms with Gasteiger partial charge in [-0.1, -0.05) is 0 Å². The van der Waals surface area contributed by atoms with E-state index in [1.54, 1.807) is 6.07 Å². The van der Waals surface area contributed by atoms with Gasteiger partial charge in [-0.25, -0.2) is 4.79 Å². The van der Waals surface area contributed by atoms with Crippen LogP contribution in [0.4, 0.5) is 5.69 Å². The van der Waals surface area contributed by atoms with Crippen molar-refractivity contribution < 1.29 is 24.2 Å². The summed E-state index contributed by atoms with van der Waals surface area (Å²) < 4.78 is 10.4. The third-order valence-corrected chi connectivity index (χ3v) is 3.43. The second kappa shape index (κ2) is 5.92. The van der Waals surface area contributed by atoms with Crippen LogP contribution < -0.4 is 10.1 Å². The van der Waals surface area contributed by atoms with Crippen LogP contribution in [-0.2, 0) is 9.53 Å². The van der Waals surface area contributed by atoms with E-state index >= 15 is 0 Å². The van der Waals surface area contributed by atoms with Gasteiger partial charge in [-0.3, -0.25) is 4.79 Å². The molecule has 108 valence electrons. The summed E-state index contributed by atoms with van der Waals surface area (Å²) in [6.07, 6.45) is 0.480. The fourth-order valence-electron chi connectivity index (χ4n) is 2.24. The van der Waals surface area contributed by atoms with Gasteiger partial charge in [-0.15, -0.1) is 0 Å². The summed E-state index contributed by atoms with van der Waals surface area (Å²) in [7, 11) is 1.48. The molecule has 1 amide bonds. The molecule has 2 rings (SSSR count). The number of carbonyl (C=O) groups is 2. The van der Waals surface area contributed by atoms with Gasteiger partial charge in [0.1, 0.15) is 5.75 Å². The highest BCUT2D eigenvalue weighted by Gasteiger charge is 2.31. The average Bonchev–Trinajstić information content (AvgIpc) is 2.84. The lowest BCUT2D eigenvalue weighted by molar-refractivity contribution is -0.121. The smallest absolute Gasteiger partial charge is 0.337 e. The molecule has 1 aromatic rings. The van der Waals surface area contributed by atoms with Crippen molar-refractivity contribution in [3.05, 3.63) is 23.8 Å². The molecule has 0 aliphatic carbocycles. The predicted octanol–water partition coefficient (Wildman–Crippen LogP) is 1.76. The summed E-state index contributed by atoms with van der Waals surface area (Å²) in [5.41, 5.74) is 0.270. The molecule has 2 atom stereocenters. The molecule has 6 nitrogen and oxygen atoms in total. The molecule has 1 aliphatic rings. The maximum atomic E-state index is 12.2. The van der Waals surface area contributed by atoms with Crippen LogP contribution in [0.15, 0.2) is 18.2 Å². The Morgan fingerprint density at radius 3 is 2.75 bits per heavy atom. The highest BCUT2D eigenvalue weighted by molar-refractivity contribution is 6.01. The standard InChI is InChI=1S/C14H17NO5/c1-8-10(5-6-20-8)13(16)15-12-7-9(19-2)3-4-11(12)14(17)18/h3-4,7-8,10H,5-6H2,1-2H3,(H,15,16)(H,17,18). The van der Waals surface area contributed by atoms with Crippen molar-refractivity contribution >= 4 is 17.6 Å². The zero-order valence-electron chi connectivity index (χ0n) is 11.4. The van der Waals surface area contributed by atoms with E-state index in [1.807, 2.05) is 6.92 Å². The number of benzene rings is 1. The molecule has 1 heterocycles. The quantitative estimate of drug-likeness (QED) is 0.877. The number of nitrogens with one attached hydrogen (secondary N) is 1. The SMILES string of the molecule is COc1ccc(C(=O)O)c(NC(=O)C2CCOC2C)c1. The Morgan fingerprint density at radius 1 is 1.45 bits per heavy atom. The van der Waals surface area contributed by atoms with Gasteiger partial charge in [0.25, 0.3) is 0 Å². The molecule has 1 aliphatic heterocycles. The monoisotopic (exact) mass is 279 g/mol. The number of rotatable bonds is 4. The fourth-order valence-corrected chi connectivity index (χ4v) is 2.24. The fraction of sp³-hybridized carbons (Fsp3) is 0.429. The van der Waals surface area contributed by atoms with Crippen molar-refractivity contribution in [1.29, 1.82) is 0 Å². The zero-order valence-corrected chi connectivity index (χ0v) is 11.4. The number of amides is 1. The Hall–Kier alpha value is -2.08. The first-order chi connectivity index (χ1) is 9.52. The van der Waals surface area contributed by atoms with Gasteiger partial charge in [0.15, 0.2) is 0 Å². The first-order valence-electron chi connectivity index (χ1n) is 6.36. The van der Waals surface area contributed by atoms with E-state index in [4.69, 9.17) is 14.6 Å². The number of carbonyl (C=O) groups excluding carboxylic acids is 1. The summed E-state index contributed by atoms with van der Waals surface area (Å²) in [6, 6.07) is 4.45. The van der Waals surface area contributed by atoms with Crippen LogP contribution in [0.1, 0.15) is 23.7 Å². The number of carboxylic acid groups (broad SMARTS) is 1. The minimum absolute atomic E-state index is 0.0331. The maximum absolute atomic E-state index is 12.2. The molecule has 1 aromatic carbocycles. The lowest BCUT2D eigenvalue weighted by Crippen LogP contribution is -2.28. The van der Waals surface area contributed by atoms with Gasteiger partial charge in [0.05, 0.1) is 30.4 Å². The number of hydrogen-bond acceptors (Lipinski definition) is 4. The molecule has 0 bridgehead atoms. The van der Waals surface area contributed by atoms with Crippen LogP contribution in [0.25, 0.3) is 0 Å². The minimum Gasteiger partial charge on any atom is -0.497 e. The van der Waals surface area contributed by atoms with Crippen LogP contribution in [-0.4, -0.2) is 36.8 Å². The molecule has 20 heavy (non-hydrogen) atoms. The van der Waals surface area contributed by atoms with Crippen LogP contribution >= 0.6 is 0 Å². The number of hydrogen-bond donors (Lipinski definition) is 2. The van der Waals surface area contributed by atoms with Gasteiger partial charge < -0.3 is 19.9 Å². The van der Waals surface area contributed by atoms with Gasteiger partial charge in [0.2, 0.25) is 5.91 Å². The van der Waals surface area contributed by atoms with E-state index in [0.717, 1.165) is 0 Å². The minimum atomic E-state index is -1.10. The van der Waals surface area contributed by atoms with E-state index in [9.17, 15) is 9.59 Å². The Balaban J connectivity index is 2.22. The summed E-state index contributed by atoms with van der Waals surface area (Å²) in [6.45, 7) is 2.38. The topological polar surface area (TPSA) is 84.9 Å². The highest BCUT2D eigenvalue weighted by atomic mass is 16.5. The Labute approximate surface area is 116 Å². The van der Waals surface area contributed by atoms with Gasteiger partial charge >= 0.3 is 5.97 Å². The molecular formula is C14H17NO5. The zero-order chi connectivity index (χ0) is 14.7. The number of methoxy groups -OCH3 is 1. The van der Waals surface area contributed by atoms with Crippen molar-refractivity contribution in [3.63, 3.8) is 0 Å². The number of ether oxygens (including phenoxy) is 2. The molecular weight excluding hydrogens is 262 g/mol. The van der Waals surface area contributed by atoms with E-state index < -0.39 is 5.97 Å². The number of anilines is 1. The van der Waals surface area contributed by atoms with E-state index in [2.05, 4.69) is 5.32 Å². The number of aromatic carboxylic acids is 1. The molecule has 0 saturated carbocycles. The van der Waals surface area contributed by atoms with Crippen molar-refractivity contribution in [2.45, 2.75) is 19.4 Å². The summed E-state index contributed by atoms with van der Waals surface area (Å²) in [4.78, 5) is 23.3. The first-order valence-corrected chi connectivity index (χ1v) is 6.36. The maximum Gasteiger partial charge on any atom is 0.337 e. The van der Waals surface area contributed by atoms with E-state index in [0.29, 0.717) is 18.8 Å². The molecule has 2 unspecified atom stereocenters. The normalized spacial score (nSPS) is 21.5. The third kappa shape index (κ3) is 2.91. The molecule has 0 radical (unpaired) electrons. The lowest BCUT2D eigenvalue weighted by atomic mass is 10.0. The Bertz CT molecular complexity index is 528. The van der Waals surface area contributed by atoms with Crippen LogP contribution in [0.2, 0.25) is 0 Å².